The minimum atomic E-state index is -0.227. The molecular weight excluding hydrogens is 338 g/mol. The van der Waals surface area contributed by atoms with Gasteiger partial charge in [0, 0.05) is 28.3 Å². The van der Waals surface area contributed by atoms with E-state index in [1.54, 1.807) is 12.1 Å². The summed E-state index contributed by atoms with van der Waals surface area (Å²) < 4.78 is 5.17. The second kappa shape index (κ2) is 6.89. The van der Waals surface area contributed by atoms with E-state index in [0.717, 1.165) is 37.1 Å². The largest absolute Gasteiger partial charge is 0.459 e. The Kier molecular flexibility index (Phi) is 4.56. The molecule has 5 nitrogen and oxygen atoms in total. The van der Waals surface area contributed by atoms with Gasteiger partial charge in [0.15, 0.2) is 5.76 Å². The zero-order valence-corrected chi connectivity index (χ0v) is 16.2. The van der Waals surface area contributed by atoms with Crippen molar-refractivity contribution in [1.29, 1.82) is 0 Å². The molecule has 1 aromatic carbocycles. The van der Waals surface area contributed by atoms with Crippen LogP contribution in [0, 0.1) is 0 Å². The van der Waals surface area contributed by atoms with Gasteiger partial charge in [-0.05, 0) is 88.5 Å². The number of H-pyrrole nitrogens is 1. The first-order valence-electron chi connectivity index (χ1n) is 9.63. The van der Waals surface area contributed by atoms with Crippen molar-refractivity contribution in [3.63, 3.8) is 0 Å². The van der Waals surface area contributed by atoms with Crippen molar-refractivity contribution in [2.24, 2.45) is 0 Å². The van der Waals surface area contributed by atoms with Crippen molar-refractivity contribution in [2.45, 2.75) is 45.1 Å². The van der Waals surface area contributed by atoms with Gasteiger partial charge < -0.3 is 14.7 Å². The molecule has 0 aliphatic carbocycles. The Bertz CT molecular complexity index is 926. The van der Waals surface area contributed by atoms with Crippen LogP contribution >= 0.6 is 0 Å². The molecule has 5 heteroatoms. The SMILES string of the molecule is CC(C)(C)N1CCC(c2c[nH]c3ccc(NC(=O)c4ccco4)cc23)CC1. The molecule has 3 heterocycles. The monoisotopic (exact) mass is 365 g/mol. The molecule has 1 aliphatic heterocycles. The molecule has 142 valence electrons. The maximum Gasteiger partial charge on any atom is 0.291 e. The lowest BCUT2D eigenvalue weighted by molar-refractivity contribution is 0.0996. The van der Waals surface area contributed by atoms with Crippen LogP contribution in [-0.2, 0) is 0 Å². The van der Waals surface area contributed by atoms with Gasteiger partial charge in [-0.15, -0.1) is 0 Å². The van der Waals surface area contributed by atoms with Gasteiger partial charge in [-0.1, -0.05) is 0 Å². The van der Waals surface area contributed by atoms with Gasteiger partial charge in [0.25, 0.3) is 5.91 Å². The molecule has 0 bridgehead atoms. The number of piperidine rings is 1. The van der Waals surface area contributed by atoms with Crippen molar-refractivity contribution >= 4 is 22.5 Å². The maximum absolute atomic E-state index is 12.2. The van der Waals surface area contributed by atoms with E-state index in [-0.39, 0.29) is 11.4 Å². The second-order valence-electron chi connectivity index (χ2n) is 8.37. The van der Waals surface area contributed by atoms with Crippen LogP contribution in [0.15, 0.2) is 47.2 Å². The van der Waals surface area contributed by atoms with Gasteiger partial charge in [-0.3, -0.25) is 9.69 Å². The van der Waals surface area contributed by atoms with Crippen LogP contribution in [-0.4, -0.2) is 34.4 Å². The van der Waals surface area contributed by atoms with E-state index in [1.165, 1.54) is 17.2 Å². The van der Waals surface area contributed by atoms with Crippen LogP contribution in [0.2, 0.25) is 0 Å². The summed E-state index contributed by atoms with van der Waals surface area (Å²) in [5, 5.41) is 4.12. The fourth-order valence-corrected chi connectivity index (χ4v) is 4.02. The third-order valence-corrected chi connectivity index (χ3v) is 5.60. The van der Waals surface area contributed by atoms with Crippen LogP contribution in [0.25, 0.3) is 10.9 Å². The summed E-state index contributed by atoms with van der Waals surface area (Å²) in [4.78, 5) is 18.2. The molecule has 0 spiro atoms. The molecule has 2 aromatic heterocycles. The van der Waals surface area contributed by atoms with Crippen molar-refractivity contribution in [3.05, 3.63) is 54.1 Å². The van der Waals surface area contributed by atoms with Crippen LogP contribution in [0.4, 0.5) is 5.69 Å². The fourth-order valence-electron chi connectivity index (χ4n) is 4.02. The number of fused-ring (bicyclic) bond motifs is 1. The predicted molar refractivity (Wildman–Crippen MR) is 108 cm³/mol. The number of furan rings is 1. The quantitative estimate of drug-likeness (QED) is 0.687. The molecule has 3 aromatic rings. The second-order valence-corrected chi connectivity index (χ2v) is 8.37. The molecule has 4 rings (SSSR count). The number of rotatable bonds is 3. The van der Waals surface area contributed by atoms with Gasteiger partial charge >= 0.3 is 0 Å². The Morgan fingerprint density at radius 1 is 1.22 bits per heavy atom. The summed E-state index contributed by atoms with van der Waals surface area (Å²) in [5.74, 6) is 0.641. The topological polar surface area (TPSA) is 61.3 Å². The van der Waals surface area contributed by atoms with Gasteiger partial charge in [0.05, 0.1) is 6.26 Å². The zero-order valence-electron chi connectivity index (χ0n) is 16.2. The van der Waals surface area contributed by atoms with E-state index in [2.05, 4.69) is 48.2 Å². The Balaban J connectivity index is 1.53. The van der Waals surface area contributed by atoms with Crippen LogP contribution in [0.1, 0.15) is 55.6 Å². The number of benzene rings is 1. The number of nitrogens with one attached hydrogen (secondary N) is 2. The van der Waals surface area contributed by atoms with Gasteiger partial charge in [0.2, 0.25) is 0 Å². The first-order valence-corrected chi connectivity index (χ1v) is 9.63. The van der Waals surface area contributed by atoms with Crippen molar-refractivity contribution in [3.8, 4) is 0 Å². The number of hydrogen-bond acceptors (Lipinski definition) is 3. The number of amides is 1. The van der Waals surface area contributed by atoms with E-state index in [0.29, 0.717) is 11.7 Å². The summed E-state index contributed by atoms with van der Waals surface area (Å²) in [6.07, 6.45) is 5.97. The van der Waals surface area contributed by atoms with Crippen LogP contribution in [0.3, 0.4) is 0 Å². The number of likely N-dealkylation sites (tertiary alicyclic amines) is 1. The molecule has 1 fully saturated rings. The highest BCUT2D eigenvalue weighted by Gasteiger charge is 2.28. The first kappa shape index (κ1) is 17.9. The number of aromatic amines is 1. The lowest BCUT2D eigenvalue weighted by atomic mass is 9.87. The molecule has 1 amide bonds. The lowest BCUT2D eigenvalue weighted by Crippen LogP contribution is -2.45. The third kappa shape index (κ3) is 3.65. The van der Waals surface area contributed by atoms with Gasteiger partial charge in [-0.2, -0.15) is 0 Å². The minimum Gasteiger partial charge on any atom is -0.459 e. The highest BCUT2D eigenvalue weighted by atomic mass is 16.3. The number of aromatic nitrogens is 1. The van der Waals surface area contributed by atoms with Gasteiger partial charge in [0.1, 0.15) is 0 Å². The predicted octanol–water partition coefficient (Wildman–Crippen LogP) is 4.99. The van der Waals surface area contributed by atoms with E-state index < -0.39 is 0 Å². The van der Waals surface area contributed by atoms with Crippen LogP contribution in [0.5, 0.6) is 0 Å². The normalized spacial score (nSPS) is 16.7. The number of carbonyl (C=O) groups is 1. The molecule has 2 N–H and O–H groups in total. The maximum atomic E-state index is 12.2. The first-order chi connectivity index (χ1) is 12.9. The van der Waals surface area contributed by atoms with Crippen molar-refractivity contribution in [1.82, 2.24) is 9.88 Å². The van der Waals surface area contributed by atoms with Crippen molar-refractivity contribution < 1.29 is 9.21 Å². The number of anilines is 1. The average Bonchev–Trinajstić information content (AvgIpc) is 3.31. The average molecular weight is 365 g/mol. The Morgan fingerprint density at radius 2 is 2.00 bits per heavy atom. The molecule has 1 saturated heterocycles. The highest BCUT2D eigenvalue weighted by Crippen LogP contribution is 2.35. The Labute approximate surface area is 159 Å². The molecular formula is C22H27N3O2. The highest BCUT2D eigenvalue weighted by molar-refractivity contribution is 6.03. The number of hydrogen-bond donors (Lipinski definition) is 2. The Hall–Kier alpha value is -2.53. The van der Waals surface area contributed by atoms with E-state index >= 15 is 0 Å². The third-order valence-electron chi connectivity index (χ3n) is 5.60. The van der Waals surface area contributed by atoms with Gasteiger partial charge in [-0.25, -0.2) is 0 Å². The van der Waals surface area contributed by atoms with Crippen molar-refractivity contribution in [2.75, 3.05) is 18.4 Å². The molecule has 27 heavy (non-hydrogen) atoms. The summed E-state index contributed by atoms with van der Waals surface area (Å²) in [6, 6.07) is 9.40. The molecule has 0 radical (unpaired) electrons. The fraction of sp³-hybridized carbons (Fsp3) is 0.409. The number of carbonyl (C=O) groups excluding carboxylic acids is 1. The van der Waals surface area contributed by atoms with E-state index in [9.17, 15) is 4.79 Å². The van der Waals surface area contributed by atoms with Crippen LogP contribution < -0.4 is 5.32 Å². The van der Waals surface area contributed by atoms with E-state index in [4.69, 9.17) is 4.42 Å². The minimum absolute atomic E-state index is 0.227. The molecule has 0 saturated carbocycles. The lowest BCUT2D eigenvalue weighted by Gasteiger charge is -2.40. The number of nitrogens with zero attached hydrogens (tertiary/aromatic N) is 1. The summed E-state index contributed by atoms with van der Waals surface area (Å²) >= 11 is 0. The summed E-state index contributed by atoms with van der Waals surface area (Å²) in [5.41, 5.74) is 3.48. The molecule has 1 aliphatic rings. The Morgan fingerprint density at radius 3 is 2.67 bits per heavy atom. The van der Waals surface area contributed by atoms with E-state index in [1.807, 2.05) is 12.1 Å². The summed E-state index contributed by atoms with van der Waals surface area (Å²) in [7, 11) is 0. The molecule has 0 atom stereocenters. The standard InChI is InChI=1S/C22H27N3O2/c1-22(2,3)25-10-8-15(9-11-25)18-14-23-19-7-6-16(13-17(18)19)24-21(26)20-5-4-12-27-20/h4-7,12-15,23H,8-11H2,1-3H3,(H,24,26). The molecule has 0 unspecified atom stereocenters. The summed E-state index contributed by atoms with van der Waals surface area (Å²) in [6.45, 7) is 9.10. The smallest absolute Gasteiger partial charge is 0.291 e. The zero-order chi connectivity index (χ0) is 19.0.